The van der Waals surface area contributed by atoms with E-state index in [2.05, 4.69) is 23.0 Å². The van der Waals surface area contributed by atoms with Crippen molar-refractivity contribution in [2.45, 2.75) is 20.3 Å². The molecule has 0 amide bonds. The zero-order valence-corrected chi connectivity index (χ0v) is 6.76. The molecule has 1 aromatic rings. The highest BCUT2D eigenvalue weighted by Crippen LogP contribution is 2.25. The number of hydrogen-bond donors (Lipinski definition) is 0. The minimum Gasteiger partial charge on any atom is -0.259 e. The lowest BCUT2D eigenvalue weighted by Crippen LogP contribution is -1.89. The van der Waals surface area contributed by atoms with E-state index in [1.54, 1.807) is 0 Å². The fraction of sp³-hybridized carbons (Fsp3) is 0.333. The highest BCUT2D eigenvalue weighted by molar-refractivity contribution is 5.91. The number of pyridine rings is 1. The Kier molecular flexibility index (Phi) is 1.28. The first-order chi connectivity index (χ1) is 5.25. The first kappa shape index (κ1) is 6.53. The van der Waals surface area contributed by atoms with Crippen molar-refractivity contribution in [3.8, 4) is 0 Å². The Hall–Kier alpha value is -1.18. The second-order valence-electron chi connectivity index (χ2n) is 2.98. The minimum atomic E-state index is 0.999. The highest BCUT2D eigenvalue weighted by Gasteiger charge is 2.10. The predicted molar refractivity (Wildman–Crippen MR) is 45.4 cm³/mol. The van der Waals surface area contributed by atoms with Gasteiger partial charge < -0.3 is 0 Å². The van der Waals surface area contributed by atoms with Gasteiger partial charge in [0.15, 0.2) is 0 Å². The van der Waals surface area contributed by atoms with Gasteiger partial charge in [0, 0.05) is 17.8 Å². The van der Waals surface area contributed by atoms with Gasteiger partial charge in [-0.3, -0.25) is 9.98 Å². The van der Waals surface area contributed by atoms with E-state index in [1.807, 2.05) is 13.1 Å². The van der Waals surface area contributed by atoms with Gasteiger partial charge in [-0.05, 0) is 25.5 Å². The zero-order valence-electron chi connectivity index (χ0n) is 6.76. The third kappa shape index (κ3) is 1.04. The highest BCUT2D eigenvalue weighted by atomic mass is 14.8. The average Bonchev–Trinajstić information content (AvgIpc) is 2.27. The summed E-state index contributed by atoms with van der Waals surface area (Å²) in [7, 11) is 0. The van der Waals surface area contributed by atoms with Gasteiger partial charge in [-0.1, -0.05) is 0 Å². The fourth-order valence-electron chi connectivity index (χ4n) is 1.37. The van der Waals surface area contributed by atoms with Crippen LogP contribution in [0.2, 0.25) is 0 Å². The van der Waals surface area contributed by atoms with Crippen LogP contribution in [0.4, 0.5) is 5.69 Å². The van der Waals surface area contributed by atoms with Crippen LogP contribution in [0.3, 0.4) is 0 Å². The van der Waals surface area contributed by atoms with Crippen molar-refractivity contribution in [2.75, 3.05) is 0 Å². The van der Waals surface area contributed by atoms with Crippen LogP contribution >= 0.6 is 0 Å². The molecule has 2 heterocycles. The fourth-order valence-corrected chi connectivity index (χ4v) is 1.37. The van der Waals surface area contributed by atoms with Crippen molar-refractivity contribution in [3.05, 3.63) is 23.5 Å². The Labute approximate surface area is 66.0 Å². The lowest BCUT2D eigenvalue weighted by molar-refractivity contribution is 1.17. The van der Waals surface area contributed by atoms with E-state index in [0.717, 1.165) is 17.8 Å². The molecule has 2 nitrogen and oxygen atoms in total. The number of aryl methyl sites for hydroxylation is 1. The van der Waals surface area contributed by atoms with Gasteiger partial charge in [0.25, 0.3) is 0 Å². The van der Waals surface area contributed by atoms with E-state index in [4.69, 9.17) is 0 Å². The summed E-state index contributed by atoms with van der Waals surface area (Å²) in [6.45, 7) is 4.06. The van der Waals surface area contributed by atoms with Crippen molar-refractivity contribution in [2.24, 2.45) is 4.99 Å². The van der Waals surface area contributed by atoms with Crippen molar-refractivity contribution in [1.29, 1.82) is 0 Å². The molecule has 0 saturated carbocycles. The van der Waals surface area contributed by atoms with Gasteiger partial charge in [0.2, 0.25) is 0 Å². The molecule has 0 aromatic carbocycles. The van der Waals surface area contributed by atoms with Crippen molar-refractivity contribution in [1.82, 2.24) is 4.98 Å². The summed E-state index contributed by atoms with van der Waals surface area (Å²) in [5.41, 5.74) is 4.63. The van der Waals surface area contributed by atoms with E-state index >= 15 is 0 Å². The number of hydrogen-bond acceptors (Lipinski definition) is 2. The number of aliphatic imine (C=N–C) groups is 1. The number of aromatic nitrogens is 1. The molecule has 56 valence electrons. The van der Waals surface area contributed by atoms with Crippen molar-refractivity contribution < 1.29 is 0 Å². The third-order valence-electron chi connectivity index (χ3n) is 1.86. The van der Waals surface area contributed by atoms with Crippen LogP contribution in [0, 0.1) is 6.92 Å². The average molecular weight is 146 g/mol. The maximum absolute atomic E-state index is 4.35. The number of nitrogens with zero attached hydrogens (tertiary/aromatic N) is 2. The summed E-state index contributed by atoms with van der Waals surface area (Å²) in [6.07, 6.45) is 2.85. The number of rotatable bonds is 0. The summed E-state index contributed by atoms with van der Waals surface area (Å²) >= 11 is 0. The van der Waals surface area contributed by atoms with E-state index in [-0.39, 0.29) is 0 Å². The first-order valence-electron chi connectivity index (χ1n) is 3.75. The Morgan fingerprint density at radius 2 is 2.18 bits per heavy atom. The maximum atomic E-state index is 4.35. The van der Waals surface area contributed by atoms with Crippen molar-refractivity contribution in [3.63, 3.8) is 0 Å². The lowest BCUT2D eigenvalue weighted by Gasteiger charge is -1.95. The van der Waals surface area contributed by atoms with E-state index in [9.17, 15) is 0 Å². The molecule has 2 rings (SSSR count). The van der Waals surface area contributed by atoms with Gasteiger partial charge in [0.05, 0.1) is 11.9 Å². The van der Waals surface area contributed by atoms with E-state index in [1.165, 1.54) is 11.3 Å². The molecule has 0 saturated heterocycles. The molecule has 0 unspecified atom stereocenters. The number of fused-ring (bicyclic) bond motifs is 1. The molecular weight excluding hydrogens is 136 g/mol. The minimum absolute atomic E-state index is 0.999. The van der Waals surface area contributed by atoms with E-state index < -0.39 is 0 Å². The SMILES string of the molecule is CC1=Nc2cnc(C)cc2C1. The summed E-state index contributed by atoms with van der Waals surface area (Å²) in [4.78, 5) is 8.53. The molecule has 0 aliphatic carbocycles. The Balaban J connectivity index is 2.52. The Bertz CT molecular complexity index is 326. The predicted octanol–water partition coefficient (Wildman–Crippen LogP) is 2.04. The molecular formula is C9H10N2. The molecule has 11 heavy (non-hydrogen) atoms. The van der Waals surface area contributed by atoms with Crippen LogP contribution in [0.1, 0.15) is 18.2 Å². The van der Waals surface area contributed by atoms with Gasteiger partial charge in [-0.2, -0.15) is 0 Å². The van der Waals surface area contributed by atoms with Crippen LogP contribution in [0.5, 0.6) is 0 Å². The summed E-state index contributed by atoms with van der Waals surface area (Å²) in [5, 5.41) is 0. The topological polar surface area (TPSA) is 25.2 Å². The Morgan fingerprint density at radius 1 is 1.36 bits per heavy atom. The zero-order chi connectivity index (χ0) is 7.84. The Morgan fingerprint density at radius 3 is 3.00 bits per heavy atom. The monoisotopic (exact) mass is 146 g/mol. The molecule has 0 atom stereocenters. The van der Waals surface area contributed by atoms with E-state index in [0.29, 0.717) is 0 Å². The standard InChI is InChI=1S/C9H10N2/c1-6-3-8-4-7(2)11-9(8)5-10-6/h3,5H,4H2,1-2H3. The van der Waals surface area contributed by atoms with Crippen LogP contribution in [-0.2, 0) is 6.42 Å². The van der Waals surface area contributed by atoms with Crippen LogP contribution in [0.15, 0.2) is 17.3 Å². The molecule has 1 aromatic heterocycles. The van der Waals surface area contributed by atoms with Crippen LogP contribution in [-0.4, -0.2) is 10.7 Å². The van der Waals surface area contributed by atoms with Crippen molar-refractivity contribution >= 4 is 11.4 Å². The largest absolute Gasteiger partial charge is 0.259 e. The lowest BCUT2D eigenvalue weighted by atomic mass is 10.1. The molecule has 0 N–H and O–H groups in total. The molecule has 2 heteroatoms. The van der Waals surface area contributed by atoms with Gasteiger partial charge in [-0.15, -0.1) is 0 Å². The summed E-state index contributed by atoms with van der Waals surface area (Å²) in [6, 6.07) is 2.11. The third-order valence-corrected chi connectivity index (χ3v) is 1.86. The smallest absolute Gasteiger partial charge is 0.0848 e. The van der Waals surface area contributed by atoms with Crippen LogP contribution in [0.25, 0.3) is 0 Å². The second-order valence-corrected chi connectivity index (χ2v) is 2.98. The van der Waals surface area contributed by atoms with Gasteiger partial charge in [0.1, 0.15) is 0 Å². The summed E-state index contributed by atoms with van der Waals surface area (Å²) in [5.74, 6) is 0. The normalized spacial score (nSPS) is 14.5. The van der Waals surface area contributed by atoms with Gasteiger partial charge >= 0.3 is 0 Å². The summed E-state index contributed by atoms with van der Waals surface area (Å²) < 4.78 is 0. The second kappa shape index (κ2) is 2.16. The maximum Gasteiger partial charge on any atom is 0.0848 e. The van der Waals surface area contributed by atoms with Gasteiger partial charge in [-0.25, -0.2) is 0 Å². The molecule has 0 bridgehead atoms. The van der Waals surface area contributed by atoms with Crippen LogP contribution < -0.4 is 0 Å². The molecule has 0 fully saturated rings. The molecule has 0 radical (unpaired) electrons. The molecule has 0 spiro atoms. The first-order valence-corrected chi connectivity index (χ1v) is 3.75. The molecule has 1 aliphatic heterocycles. The molecule has 1 aliphatic rings. The quantitative estimate of drug-likeness (QED) is 0.549.